The Morgan fingerprint density at radius 2 is 2.04 bits per heavy atom. The first-order valence-electron chi connectivity index (χ1n) is 8.68. The van der Waals surface area contributed by atoms with Gasteiger partial charge >= 0.3 is 6.03 Å². The van der Waals surface area contributed by atoms with Crippen LogP contribution in [-0.4, -0.2) is 35.3 Å². The molecule has 2 heterocycles. The maximum atomic E-state index is 14.2. The number of nitrogens with zero attached hydrogens (tertiary/aromatic N) is 2. The summed E-state index contributed by atoms with van der Waals surface area (Å²) in [5, 5.41) is 8.24. The highest BCUT2D eigenvalue weighted by Crippen LogP contribution is 2.20. The number of aromatic nitrogens is 2. The van der Waals surface area contributed by atoms with E-state index in [2.05, 4.69) is 25.9 Å². The van der Waals surface area contributed by atoms with Gasteiger partial charge in [-0.25, -0.2) is 19.2 Å². The molecule has 0 bridgehead atoms. The predicted molar refractivity (Wildman–Crippen MR) is 97.9 cm³/mol. The summed E-state index contributed by atoms with van der Waals surface area (Å²) < 4.78 is 19.7. The van der Waals surface area contributed by atoms with Gasteiger partial charge in [-0.15, -0.1) is 0 Å². The number of nitrogens with one attached hydrogen (secondary N) is 3. The number of urea groups is 1. The standard InChI is InChI=1S/C18H22FN5O2/c1-2-17-21-9-13(10-22-17)24-18(25)23-12-5-6-16(15(19)8-12)20-11-14-4-3-7-26-14/h5-6,8-10,14,20H,2-4,7,11H2,1H3,(H2,23,24,25). The van der Waals surface area contributed by atoms with Gasteiger partial charge in [0.25, 0.3) is 0 Å². The number of hydrogen-bond acceptors (Lipinski definition) is 5. The molecule has 1 atom stereocenters. The molecule has 2 amide bonds. The van der Waals surface area contributed by atoms with Gasteiger partial charge in [0.2, 0.25) is 0 Å². The summed E-state index contributed by atoms with van der Waals surface area (Å²) in [6.07, 6.45) is 5.93. The molecule has 3 rings (SSSR count). The Morgan fingerprint density at radius 1 is 1.27 bits per heavy atom. The Labute approximate surface area is 151 Å². The van der Waals surface area contributed by atoms with Crippen LogP contribution in [-0.2, 0) is 11.2 Å². The van der Waals surface area contributed by atoms with Crippen LogP contribution in [0.2, 0.25) is 0 Å². The molecule has 26 heavy (non-hydrogen) atoms. The largest absolute Gasteiger partial charge is 0.380 e. The monoisotopic (exact) mass is 359 g/mol. The van der Waals surface area contributed by atoms with Crippen molar-refractivity contribution in [1.29, 1.82) is 0 Å². The number of aryl methyl sites for hydroxylation is 1. The zero-order chi connectivity index (χ0) is 18.4. The maximum Gasteiger partial charge on any atom is 0.323 e. The number of amides is 2. The minimum absolute atomic E-state index is 0.124. The van der Waals surface area contributed by atoms with Crippen LogP contribution in [0.3, 0.4) is 0 Å². The number of rotatable bonds is 6. The fourth-order valence-electron chi connectivity index (χ4n) is 2.66. The van der Waals surface area contributed by atoms with Crippen LogP contribution in [0.15, 0.2) is 30.6 Å². The molecule has 1 fully saturated rings. The Kier molecular flexibility index (Phi) is 5.96. The Balaban J connectivity index is 1.53. The van der Waals surface area contributed by atoms with E-state index < -0.39 is 11.8 Å². The third-order valence-corrected chi connectivity index (χ3v) is 4.05. The molecule has 3 N–H and O–H groups in total. The summed E-state index contributed by atoms with van der Waals surface area (Å²) in [7, 11) is 0. The van der Waals surface area contributed by atoms with Gasteiger partial charge in [0, 0.05) is 25.3 Å². The van der Waals surface area contributed by atoms with Crippen LogP contribution in [0.5, 0.6) is 0 Å². The molecule has 1 aliphatic heterocycles. The number of benzene rings is 1. The predicted octanol–water partition coefficient (Wildman–Crippen LogP) is 3.41. The van der Waals surface area contributed by atoms with Gasteiger partial charge in [-0.05, 0) is 31.0 Å². The van der Waals surface area contributed by atoms with E-state index >= 15 is 0 Å². The summed E-state index contributed by atoms with van der Waals surface area (Å²) in [6, 6.07) is 4.02. The van der Waals surface area contributed by atoms with Crippen molar-refractivity contribution < 1.29 is 13.9 Å². The third-order valence-electron chi connectivity index (χ3n) is 4.05. The molecule has 0 spiro atoms. The quantitative estimate of drug-likeness (QED) is 0.736. The van der Waals surface area contributed by atoms with Crippen molar-refractivity contribution >= 4 is 23.1 Å². The molecular weight excluding hydrogens is 337 g/mol. The minimum atomic E-state index is -0.489. The van der Waals surface area contributed by atoms with E-state index in [1.807, 2.05) is 6.92 Å². The number of ether oxygens (including phenoxy) is 1. The molecule has 2 aromatic rings. The van der Waals surface area contributed by atoms with E-state index in [0.29, 0.717) is 29.4 Å². The second-order valence-electron chi connectivity index (χ2n) is 6.03. The first-order valence-corrected chi connectivity index (χ1v) is 8.68. The highest BCUT2D eigenvalue weighted by molar-refractivity contribution is 5.99. The van der Waals surface area contributed by atoms with Gasteiger partial charge in [-0.1, -0.05) is 6.92 Å². The van der Waals surface area contributed by atoms with E-state index in [4.69, 9.17) is 4.74 Å². The van der Waals surface area contributed by atoms with E-state index in [-0.39, 0.29) is 6.10 Å². The van der Waals surface area contributed by atoms with Crippen LogP contribution in [0, 0.1) is 5.82 Å². The summed E-state index contributed by atoms with van der Waals surface area (Å²) in [5.41, 5.74) is 1.21. The Bertz CT molecular complexity index is 748. The Hall–Kier alpha value is -2.74. The second-order valence-corrected chi connectivity index (χ2v) is 6.03. The molecule has 0 aliphatic carbocycles. The van der Waals surface area contributed by atoms with E-state index in [1.54, 1.807) is 12.1 Å². The first-order chi connectivity index (χ1) is 12.6. The molecule has 1 aromatic carbocycles. The molecule has 0 saturated carbocycles. The van der Waals surface area contributed by atoms with Gasteiger partial charge < -0.3 is 20.7 Å². The van der Waals surface area contributed by atoms with Crippen LogP contribution < -0.4 is 16.0 Å². The molecule has 1 saturated heterocycles. The molecule has 8 heteroatoms. The highest BCUT2D eigenvalue weighted by atomic mass is 19.1. The lowest BCUT2D eigenvalue weighted by molar-refractivity contribution is 0.120. The molecule has 1 unspecified atom stereocenters. The summed E-state index contributed by atoms with van der Waals surface area (Å²) >= 11 is 0. The highest BCUT2D eigenvalue weighted by Gasteiger charge is 2.15. The van der Waals surface area contributed by atoms with Crippen molar-refractivity contribution in [1.82, 2.24) is 9.97 Å². The lowest BCUT2D eigenvalue weighted by Gasteiger charge is -2.13. The SMILES string of the molecule is CCc1ncc(NC(=O)Nc2ccc(NCC3CCCO3)c(F)c2)cn1. The average Bonchev–Trinajstić information content (AvgIpc) is 3.15. The van der Waals surface area contributed by atoms with Crippen LogP contribution >= 0.6 is 0 Å². The summed E-state index contributed by atoms with van der Waals surface area (Å²) in [5.74, 6) is 0.264. The van der Waals surface area contributed by atoms with Crippen molar-refractivity contribution in [2.75, 3.05) is 29.1 Å². The maximum absolute atomic E-state index is 14.2. The van der Waals surface area contributed by atoms with E-state index in [9.17, 15) is 9.18 Å². The normalized spacial score (nSPS) is 16.3. The molecule has 0 radical (unpaired) electrons. The lowest BCUT2D eigenvalue weighted by Crippen LogP contribution is -2.20. The minimum Gasteiger partial charge on any atom is -0.380 e. The van der Waals surface area contributed by atoms with Crippen molar-refractivity contribution in [3.05, 3.63) is 42.2 Å². The molecule has 138 valence electrons. The van der Waals surface area contributed by atoms with Gasteiger partial charge in [-0.2, -0.15) is 0 Å². The number of hydrogen-bond donors (Lipinski definition) is 3. The van der Waals surface area contributed by atoms with Crippen LogP contribution in [0.4, 0.5) is 26.2 Å². The number of anilines is 3. The smallest absolute Gasteiger partial charge is 0.323 e. The van der Waals surface area contributed by atoms with Crippen molar-refractivity contribution in [3.63, 3.8) is 0 Å². The van der Waals surface area contributed by atoms with E-state index in [0.717, 1.165) is 25.9 Å². The topological polar surface area (TPSA) is 88.2 Å². The van der Waals surface area contributed by atoms with Gasteiger partial charge in [-0.3, -0.25) is 0 Å². The molecule has 1 aromatic heterocycles. The Morgan fingerprint density at radius 3 is 2.69 bits per heavy atom. The van der Waals surface area contributed by atoms with Crippen molar-refractivity contribution in [2.45, 2.75) is 32.3 Å². The molecular formula is C18H22FN5O2. The summed E-state index contributed by atoms with van der Waals surface area (Å²) in [6.45, 7) is 3.28. The second kappa shape index (κ2) is 8.57. The van der Waals surface area contributed by atoms with Crippen LogP contribution in [0.25, 0.3) is 0 Å². The fraction of sp³-hybridized carbons (Fsp3) is 0.389. The summed E-state index contributed by atoms with van der Waals surface area (Å²) in [4.78, 5) is 20.2. The lowest BCUT2D eigenvalue weighted by atomic mass is 10.2. The van der Waals surface area contributed by atoms with E-state index in [1.165, 1.54) is 18.5 Å². The fourth-order valence-corrected chi connectivity index (χ4v) is 2.66. The van der Waals surface area contributed by atoms with Crippen LogP contribution in [0.1, 0.15) is 25.6 Å². The van der Waals surface area contributed by atoms with Crippen molar-refractivity contribution in [2.24, 2.45) is 0 Å². The van der Waals surface area contributed by atoms with Gasteiger partial charge in [0.05, 0.1) is 29.9 Å². The number of carbonyl (C=O) groups is 1. The number of halogens is 1. The van der Waals surface area contributed by atoms with Gasteiger partial charge in [0.15, 0.2) is 0 Å². The zero-order valence-electron chi connectivity index (χ0n) is 14.6. The molecule has 1 aliphatic rings. The van der Waals surface area contributed by atoms with Gasteiger partial charge in [0.1, 0.15) is 11.6 Å². The average molecular weight is 359 g/mol. The first kappa shape index (κ1) is 18.1. The molecule has 7 nitrogen and oxygen atoms in total. The third kappa shape index (κ3) is 4.89. The zero-order valence-corrected chi connectivity index (χ0v) is 14.6. The van der Waals surface area contributed by atoms with Crippen molar-refractivity contribution in [3.8, 4) is 0 Å². The number of carbonyl (C=O) groups excluding carboxylic acids is 1.